The highest BCUT2D eigenvalue weighted by atomic mass is 35.5. The van der Waals surface area contributed by atoms with Crippen LogP contribution in [0.25, 0.3) is 11.2 Å². The summed E-state index contributed by atoms with van der Waals surface area (Å²) in [5.41, 5.74) is 6.62. The number of anilines is 1. The van der Waals surface area contributed by atoms with E-state index in [0.29, 0.717) is 24.0 Å². The molecule has 2 heterocycles. The predicted octanol–water partition coefficient (Wildman–Crippen LogP) is 2.37. The van der Waals surface area contributed by atoms with Crippen LogP contribution in [0.4, 0.5) is 5.95 Å². The number of imidazole rings is 1. The summed E-state index contributed by atoms with van der Waals surface area (Å²) in [6.07, 6.45) is 1.03. The molecule has 2 aromatic heterocycles. The van der Waals surface area contributed by atoms with Gasteiger partial charge in [0.25, 0.3) is 0 Å². The second kappa shape index (κ2) is 8.38. The van der Waals surface area contributed by atoms with Gasteiger partial charge >= 0.3 is 7.60 Å². The van der Waals surface area contributed by atoms with Crippen LogP contribution < -0.4 is 5.73 Å². The molecule has 2 aromatic rings. The largest absolute Gasteiger partial charge is 0.390 e. The van der Waals surface area contributed by atoms with Gasteiger partial charge in [-0.2, -0.15) is 9.97 Å². The van der Waals surface area contributed by atoms with E-state index < -0.39 is 19.8 Å². The maximum absolute atomic E-state index is 12.5. The molecule has 1 aliphatic carbocycles. The number of rotatable bonds is 8. The molecule has 0 unspecified atom stereocenters. The van der Waals surface area contributed by atoms with Crippen molar-refractivity contribution in [3.63, 3.8) is 0 Å². The van der Waals surface area contributed by atoms with Crippen LogP contribution in [0.3, 0.4) is 0 Å². The van der Waals surface area contributed by atoms with Crippen molar-refractivity contribution in [2.24, 2.45) is 0 Å². The van der Waals surface area contributed by atoms with Crippen LogP contribution in [-0.4, -0.2) is 56.4 Å². The average Bonchev–Trinajstić information content (AvgIpc) is 3.17. The molecular weight excluding hydrogens is 397 g/mol. The third-order valence-corrected chi connectivity index (χ3v) is 6.37. The van der Waals surface area contributed by atoms with Crippen LogP contribution in [0.5, 0.6) is 0 Å². The number of aromatic nitrogens is 4. The molecule has 0 bridgehead atoms. The molecule has 0 aliphatic heterocycles. The van der Waals surface area contributed by atoms with Gasteiger partial charge in [-0.05, 0) is 26.7 Å². The first kappa shape index (κ1) is 20.4. The lowest BCUT2D eigenvalue weighted by Gasteiger charge is -2.21. The second-order valence-electron chi connectivity index (χ2n) is 6.17. The minimum absolute atomic E-state index is 0.0509. The van der Waals surface area contributed by atoms with Gasteiger partial charge in [-0.1, -0.05) is 11.6 Å². The van der Waals surface area contributed by atoms with E-state index in [0.717, 1.165) is 0 Å². The van der Waals surface area contributed by atoms with Crippen LogP contribution in [0.15, 0.2) is 6.33 Å². The number of fused-ring (bicyclic) bond motifs is 1. The fourth-order valence-corrected chi connectivity index (χ4v) is 4.82. The average molecular weight is 420 g/mol. The quantitative estimate of drug-likeness (QED) is 0.488. The summed E-state index contributed by atoms with van der Waals surface area (Å²) < 4.78 is 30.4. The van der Waals surface area contributed by atoms with Crippen LogP contribution in [0, 0.1) is 0 Å². The lowest BCUT2D eigenvalue weighted by atomic mass is 10.2. The molecule has 0 amide bonds. The fraction of sp³-hybridized carbons (Fsp3) is 0.667. The number of aliphatic hydroxyl groups excluding tert-OH is 1. The van der Waals surface area contributed by atoms with Crippen molar-refractivity contribution in [1.82, 2.24) is 19.5 Å². The van der Waals surface area contributed by atoms with Gasteiger partial charge in [0, 0.05) is 6.04 Å². The van der Waals surface area contributed by atoms with E-state index >= 15 is 0 Å². The first-order valence-electron chi connectivity index (χ1n) is 8.70. The molecule has 10 nitrogen and oxygen atoms in total. The highest BCUT2D eigenvalue weighted by Gasteiger charge is 2.37. The summed E-state index contributed by atoms with van der Waals surface area (Å²) in [6.45, 7) is 3.96. The van der Waals surface area contributed by atoms with Gasteiger partial charge in [-0.3, -0.25) is 4.57 Å². The lowest BCUT2D eigenvalue weighted by Crippen LogP contribution is -2.23. The summed E-state index contributed by atoms with van der Waals surface area (Å²) in [4.78, 5) is 12.3. The number of nitrogens with two attached hydrogens (primary N) is 1. The van der Waals surface area contributed by atoms with Crippen LogP contribution in [0.2, 0.25) is 5.15 Å². The molecule has 27 heavy (non-hydrogen) atoms. The van der Waals surface area contributed by atoms with E-state index in [1.54, 1.807) is 24.7 Å². The van der Waals surface area contributed by atoms with E-state index in [1.807, 2.05) is 0 Å². The van der Waals surface area contributed by atoms with Crippen LogP contribution >= 0.6 is 19.2 Å². The number of halogens is 1. The van der Waals surface area contributed by atoms with Gasteiger partial charge in [0.2, 0.25) is 5.95 Å². The zero-order chi connectivity index (χ0) is 19.6. The first-order chi connectivity index (χ1) is 12.9. The second-order valence-corrected chi connectivity index (χ2v) is 8.52. The standard InChI is InChI=1S/C15H23ClN5O5P/c1-3-25-27(23,26-4-2)8-24-11-6-9(5-10(11)22)21-7-18-12-13(16)19-15(17)20-14(12)21/h7,9-11,22H,3-6,8H2,1-2H3,(H2,17,19,20)/t9-,10-,11-/m0/s1. The topological polar surface area (TPSA) is 135 Å². The Balaban J connectivity index is 1.72. The maximum atomic E-state index is 12.5. The van der Waals surface area contributed by atoms with E-state index in [4.69, 9.17) is 31.1 Å². The molecule has 150 valence electrons. The Kier molecular flexibility index (Phi) is 6.35. The number of hydrogen-bond donors (Lipinski definition) is 2. The molecule has 0 aromatic carbocycles. The smallest absolute Gasteiger partial charge is 0.356 e. The minimum atomic E-state index is -3.34. The summed E-state index contributed by atoms with van der Waals surface area (Å²) in [5.74, 6) is 0.0509. The third kappa shape index (κ3) is 4.42. The Morgan fingerprint density at radius 1 is 1.33 bits per heavy atom. The normalized spacial score (nSPS) is 23.3. The van der Waals surface area contributed by atoms with Gasteiger partial charge in [0.05, 0.1) is 31.7 Å². The molecule has 3 atom stereocenters. The third-order valence-electron chi connectivity index (χ3n) is 4.33. The summed E-state index contributed by atoms with van der Waals surface area (Å²) >= 11 is 6.06. The van der Waals surface area contributed by atoms with Gasteiger partial charge in [0.15, 0.2) is 10.8 Å². The van der Waals surface area contributed by atoms with Crippen LogP contribution in [-0.2, 0) is 18.3 Å². The summed E-state index contributed by atoms with van der Waals surface area (Å²) in [7, 11) is -3.34. The fourth-order valence-electron chi connectivity index (χ4n) is 3.22. The van der Waals surface area contributed by atoms with Gasteiger partial charge in [0.1, 0.15) is 11.9 Å². The van der Waals surface area contributed by atoms with Crippen molar-refractivity contribution in [3.8, 4) is 0 Å². The van der Waals surface area contributed by atoms with Crippen molar-refractivity contribution in [2.45, 2.75) is 44.9 Å². The summed E-state index contributed by atoms with van der Waals surface area (Å²) in [6, 6.07) is -0.126. The number of hydrogen-bond acceptors (Lipinski definition) is 9. The molecule has 3 rings (SSSR count). The first-order valence-corrected chi connectivity index (χ1v) is 10.8. The molecule has 12 heteroatoms. The van der Waals surface area contributed by atoms with Crippen molar-refractivity contribution < 1.29 is 23.5 Å². The van der Waals surface area contributed by atoms with E-state index in [9.17, 15) is 9.67 Å². The predicted molar refractivity (Wildman–Crippen MR) is 99.6 cm³/mol. The van der Waals surface area contributed by atoms with Crippen molar-refractivity contribution in [1.29, 1.82) is 0 Å². The monoisotopic (exact) mass is 419 g/mol. The molecule has 1 aliphatic rings. The van der Waals surface area contributed by atoms with E-state index in [1.165, 1.54) is 0 Å². The van der Waals surface area contributed by atoms with Crippen molar-refractivity contribution >= 4 is 36.3 Å². The number of ether oxygens (including phenoxy) is 1. The Bertz CT molecular complexity index is 839. The summed E-state index contributed by atoms with van der Waals surface area (Å²) in [5, 5.41) is 10.6. The molecule has 0 radical (unpaired) electrons. The molecule has 1 saturated carbocycles. The lowest BCUT2D eigenvalue weighted by molar-refractivity contribution is -0.00712. The Morgan fingerprint density at radius 2 is 2.04 bits per heavy atom. The van der Waals surface area contributed by atoms with E-state index in [-0.39, 0.29) is 36.7 Å². The van der Waals surface area contributed by atoms with Gasteiger partial charge in [-0.15, -0.1) is 0 Å². The molecule has 0 saturated heterocycles. The number of aliphatic hydroxyl groups is 1. The highest BCUT2D eigenvalue weighted by molar-refractivity contribution is 7.53. The zero-order valence-electron chi connectivity index (χ0n) is 15.1. The molecule has 1 fully saturated rings. The molecular formula is C15H23ClN5O5P. The van der Waals surface area contributed by atoms with Gasteiger partial charge < -0.3 is 29.2 Å². The number of nitrogens with zero attached hydrogens (tertiary/aromatic N) is 4. The highest BCUT2D eigenvalue weighted by Crippen LogP contribution is 2.49. The minimum Gasteiger partial charge on any atom is -0.390 e. The Morgan fingerprint density at radius 3 is 2.70 bits per heavy atom. The SMILES string of the molecule is CCOP(=O)(CO[C@H]1C[C@@H](n2cnc3c(Cl)nc(N)nc32)C[C@@H]1O)OCC. The number of nitrogen functional groups attached to an aromatic ring is 1. The maximum Gasteiger partial charge on any atom is 0.356 e. The molecule has 3 N–H and O–H groups in total. The van der Waals surface area contributed by atoms with Crippen LogP contribution in [0.1, 0.15) is 32.7 Å². The van der Waals surface area contributed by atoms with Crippen molar-refractivity contribution in [2.75, 3.05) is 25.3 Å². The Labute approximate surface area is 161 Å². The Hall–Kier alpha value is -1.29. The van der Waals surface area contributed by atoms with Gasteiger partial charge in [-0.25, -0.2) is 4.98 Å². The zero-order valence-corrected chi connectivity index (χ0v) is 16.8. The van der Waals surface area contributed by atoms with E-state index in [2.05, 4.69) is 15.0 Å². The molecule has 0 spiro atoms. The van der Waals surface area contributed by atoms with Crippen molar-refractivity contribution in [3.05, 3.63) is 11.5 Å².